The fraction of sp³-hybridized carbons (Fsp3) is 0.800. The van der Waals surface area contributed by atoms with Crippen molar-refractivity contribution in [3.05, 3.63) is 12.2 Å². The molecule has 0 aromatic rings. The third-order valence-corrected chi connectivity index (χ3v) is 9.70. The second-order valence-electron chi connectivity index (χ2n) is 10.4. The number of hydrogen-bond acceptors (Lipinski definition) is 4. The van der Waals surface area contributed by atoms with Gasteiger partial charge in [-0.05, 0) is 29.6 Å². The highest BCUT2D eigenvalue weighted by Crippen LogP contribution is 2.86. The molecule has 3 aliphatic heterocycles. The first-order chi connectivity index (χ1) is 11.4. The van der Waals surface area contributed by atoms with Gasteiger partial charge in [0.25, 0.3) is 0 Å². The summed E-state index contributed by atoms with van der Waals surface area (Å²) in [6.07, 6.45) is 2.67. The molecule has 9 bridgehead atoms. The molecule has 4 nitrogen and oxygen atoms in total. The van der Waals surface area contributed by atoms with Gasteiger partial charge in [0.1, 0.15) is 11.6 Å². The van der Waals surface area contributed by atoms with Crippen LogP contribution >= 0.6 is 0 Å². The summed E-state index contributed by atoms with van der Waals surface area (Å²) in [5, 5.41) is 11.1. The number of hydrogen-bond donors (Lipinski definition) is 1. The Balaban J connectivity index is 1.57. The van der Waals surface area contributed by atoms with Crippen LogP contribution in [0.3, 0.4) is 0 Å². The summed E-state index contributed by atoms with van der Waals surface area (Å²) in [5.41, 5.74) is 0.763. The lowest BCUT2D eigenvalue weighted by Gasteiger charge is -2.62. The SMILES string of the molecule is C=C1C[C@]23C[C@H]4[C@@H]5[C@@]6(C)CC(=O)C[C@]57[C@@H]([C@@H]2[C@H](O)[C@H]1C(=O)[C@@H]37)N4C6. The van der Waals surface area contributed by atoms with Crippen molar-refractivity contribution in [2.24, 2.45) is 39.9 Å². The minimum absolute atomic E-state index is 0.00836. The number of aliphatic hydroxyl groups excluding tert-OH is 1. The molecule has 9 rings (SSSR count). The molecular formula is C20H23NO3. The van der Waals surface area contributed by atoms with Gasteiger partial charge in [-0.1, -0.05) is 19.1 Å². The van der Waals surface area contributed by atoms with Crippen LogP contribution in [0.25, 0.3) is 0 Å². The number of Topliss-reactive ketones (excluding diaryl/α,β-unsaturated/α-hetero) is 2. The van der Waals surface area contributed by atoms with E-state index in [1.54, 1.807) is 0 Å². The van der Waals surface area contributed by atoms with Crippen LogP contribution in [-0.2, 0) is 9.59 Å². The van der Waals surface area contributed by atoms with Gasteiger partial charge in [-0.3, -0.25) is 14.5 Å². The fourth-order valence-electron chi connectivity index (χ4n) is 10.1. The second kappa shape index (κ2) is 3.21. The lowest BCUT2D eigenvalue weighted by molar-refractivity contribution is -0.174. The van der Waals surface area contributed by atoms with Gasteiger partial charge in [-0.25, -0.2) is 0 Å². The Morgan fingerprint density at radius 3 is 2.83 bits per heavy atom. The van der Waals surface area contributed by atoms with E-state index in [9.17, 15) is 14.7 Å². The van der Waals surface area contributed by atoms with Gasteiger partial charge >= 0.3 is 0 Å². The highest BCUT2D eigenvalue weighted by molar-refractivity contribution is 5.94. The Kier molecular flexibility index (Phi) is 1.77. The lowest BCUT2D eigenvalue weighted by atomic mass is 9.40. The molecule has 0 aromatic carbocycles. The normalized spacial score (nSPS) is 70.0. The monoisotopic (exact) mass is 325 g/mol. The molecule has 9 aliphatic rings. The predicted molar refractivity (Wildman–Crippen MR) is 84.8 cm³/mol. The Morgan fingerprint density at radius 1 is 1.25 bits per heavy atom. The average molecular weight is 325 g/mol. The van der Waals surface area contributed by atoms with Crippen LogP contribution < -0.4 is 0 Å². The molecule has 9 fully saturated rings. The Morgan fingerprint density at radius 2 is 2.04 bits per heavy atom. The largest absolute Gasteiger partial charge is 0.392 e. The molecule has 1 N–H and O–H groups in total. The quantitative estimate of drug-likeness (QED) is 0.680. The summed E-state index contributed by atoms with van der Waals surface area (Å²) in [5.74, 6) is 0.920. The predicted octanol–water partition coefficient (Wildman–Crippen LogP) is 1.18. The van der Waals surface area contributed by atoms with E-state index in [0.717, 1.165) is 25.0 Å². The van der Waals surface area contributed by atoms with Crippen molar-refractivity contribution in [2.75, 3.05) is 6.54 Å². The molecule has 0 radical (unpaired) electrons. The number of carbonyl (C=O) groups is 2. The number of piperidine rings is 2. The van der Waals surface area contributed by atoms with Crippen LogP contribution in [0.4, 0.5) is 0 Å². The summed E-state index contributed by atoms with van der Waals surface area (Å²) < 4.78 is 0. The van der Waals surface area contributed by atoms with Crippen LogP contribution in [-0.4, -0.2) is 46.3 Å². The van der Waals surface area contributed by atoms with Crippen LogP contribution in [0.15, 0.2) is 12.2 Å². The maximum Gasteiger partial charge on any atom is 0.146 e. The van der Waals surface area contributed by atoms with Gasteiger partial charge < -0.3 is 5.11 Å². The minimum Gasteiger partial charge on any atom is -0.392 e. The zero-order valence-corrected chi connectivity index (χ0v) is 14.0. The fourth-order valence-corrected chi connectivity index (χ4v) is 10.1. The van der Waals surface area contributed by atoms with Crippen LogP contribution in [0, 0.1) is 39.9 Å². The zero-order valence-electron chi connectivity index (χ0n) is 14.0. The number of ketones is 2. The molecule has 11 atom stereocenters. The highest BCUT2D eigenvalue weighted by Gasteiger charge is 2.90. The van der Waals surface area contributed by atoms with Crippen molar-refractivity contribution in [2.45, 2.75) is 50.8 Å². The van der Waals surface area contributed by atoms with Crippen LogP contribution in [0.1, 0.15) is 32.6 Å². The number of carbonyl (C=O) groups excluding carboxylic acids is 2. The second-order valence-corrected chi connectivity index (χ2v) is 10.4. The molecule has 6 aliphatic carbocycles. The Bertz CT molecular complexity index is 790. The van der Waals surface area contributed by atoms with E-state index in [0.29, 0.717) is 30.6 Å². The van der Waals surface area contributed by atoms with Crippen molar-refractivity contribution >= 4 is 11.6 Å². The summed E-state index contributed by atoms with van der Waals surface area (Å²) >= 11 is 0. The number of nitrogens with zero attached hydrogens (tertiary/aromatic N) is 1. The Labute approximate surface area is 141 Å². The van der Waals surface area contributed by atoms with Crippen molar-refractivity contribution < 1.29 is 14.7 Å². The first-order valence-electron chi connectivity index (χ1n) is 9.52. The standard InChI is InChI=1S/C20H23NO3/c1-8-3-19-6-10-15-18(2)4-9(22)5-20(15)16(19)14(24)11(8)13(23)12(19)17(20)21(10)7-18/h10-13,15-17,23H,1,3-7H2,2H3/t10-,11-,12-,13+,15+,16-,17+,18-,19-,20-/m0/s1. The third kappa shape index (κ3) is 0.911. The van der Waals surface area contributed by atoms with Crippen molar-refractivity contribution in [1.29, 1.82) is 0 Å². The molecule has 3 saturated heterocycles. The summed E-state index contributed by atoms with van der Waals surface area (Å²) in [6, 6.07) is 0.795. The summed E-state index contributed by atoms with van der Waals surface area (Å²) in [7, 11) is 0. The maximum absolute atomic E-state index is 13.5. The lowest BCUT2D eigenvalue weighted by Crippen LogP contribution is -2.66. The van der Waals surface area contributed by atoms with Crippen LogP contribution in [0.2, 0.25) is 0 Å². The average Bonchev–Trinajstić information content (AvgIpc) is 2.88. The summed E-state index contributed by atoms with van der Waals surface area (Å²) in [6.45, 7) is 7.46. The molecule has 126 valence electrons. The van der Waals surface area contributed by atoms with Gasteiger partial charge in [0, 0.05) is 48.7 Å². The van der Waals surface area contributed by atoms with Gasteiger partial charge in [0.2, 0.25) is 0 Å². The van der Waals surface area contributed by atoms with E-state index in [1.807, 2.05) is 0 Å². The first kappa shape index (κ1) is 13.2. The van der Waals surface area contributed by atoms with E-state index >= 15 is 0 Å². The van der Waals surface area contributed by atoms with E-state index in [4.69, 9.17) is 0 Å². The maximum atomic E-state index is 13.5. The molecular weight excluding hydrogens is 302 g/mol. The van der Waals surface area contributed by atoms with Crippen molar-refractivity contribution in [1.82, 2.24) is 4.90 Å². The van der Waals surface area contributed by atoms with E-state index in [1.165, 1.54) is 0 Å². The zero-order chi connectivity index (χ0) is 16.4. The number of rotatable bonds is 0. The van der Waals surface area contributed by atoms with E-state index in [-0.39, 0.29) is 45.8 Å². The highest BCUT2D eigenvalue weighted by atomic mass is 16.3. The van der Waals surface area contributed by atoms with Gasteiger partial charge in [0.15, 0.2) is 0 Å². The molecule has 3 heterocycles. The Hall–Kier alpha value is -1.00. The van der Waals surface area contributed by atoms with Crippen molar-refractivity contribution in [3.63, 3.8) is 0 Å². The molecule has 24 heavy (non-hydrogen) atoms. The summed E-state index contributed by atoms with van der Waals surface area (Å²) in [4.78, 5) is 28.9. The van der Waals surface area contributed by atoms with Crippen LogP contribution in [0.5, 0.6) is 0 Å². The van der Waals surface area contributed by atoms with E-state index in [2.05, 4.69) is 18.4 Å². The number of aliphatic hydroxyl groups is 1. The topological polar surface area (TPSA) is 57.6 Å². The van der Waals surface area contributed by atoms with Gasteiger partial charge in [0.05, 0.1) is 12.0 Å². The molecule has 0 aromatic heterocycles. The van der Waals surface area contributed by atoms with Gasteiger partial charge in [-0.2, -0.15) is 0 Å². The van der Waals surface area contributed by atoms with Crippen molar-refractivity contribution in [3.8, 4) is 0 Å². The van der Waals surface area contributed by atoms with Gasteiger partial charge in [-0.15, -0.1) is 0 Å². The minimum atomic E-state index is -0.567. The molecule has 0 amide bonds. The number of fused-ring (bicyclic) bond motifs is 1. The van der Waals surface area contributed by atoms with E-state index < -0.39 is 6.10 Å². The molecule has 1 unspecified atom stereocenters. The first-order valence-corrected chi connectivity index (χ1v) is 9.52. The molecule has 6 saturated carbocycles. The molecule has 2 spiro atoms. The third-order valence-electron chi connectivity index (χ3n) is 9.70. The smallest absolute Gasteiger partial charge is 0.146 e. The molecule has 4 heteroatoms.